The third-order valence-electron chi connectivity index (χ3n) is 6.90. The molecular weight excluding hydrogens is 510 g/mol. The predicted octanol–water partition coefficient (Wildman–Crippen LogP) is 5.11. The van der Waals surface area contributed by atoms with Crippen LogP contribution in [0.5, 0.6) is 0 Å². The molecule has 1 heterocycles. The van der Waals surface area contributed by atoms with E-state index in [9.17, 15) is 18.0 Å². The van der Waals surface area contributed by atoms with Gasteiger partial charge in [0.05, 0.1) is 10.6 Å². The molecule has 0 fully saturated rings. The smallest absolute Gasteiger partial charge is 0.265 e. The van der Waals surface area contributed by atoms with Crippen molar-refractivity contribution in [2.45, 2.75) is 63.6 Å². The lowest BCUT2D eigenvalue weighted by Crippen LogP contribution is -2.49. The Morgan fingerprint density at radius 3 is 2.43 bits per heavy atom. The van der Waals surface area contributed by atoms with Gasteiger partial charge in [-0.1, -0.05) is 61.0 Å². The molecule has 0 bridgehead atoms. The first-order chi connectivity index (χ1) is 17.6. The van der Waals surface area contributed by atoms with Crippen LogP contribution in [0.3, 0.4) is 0 Å². The molecule has 3 aromatic carbocycles. The Hall–Kier alpha value is -3.10. The number of anilines is 1. The molecule has 0 saturated heterocycles. The Morgan fingerprint density at radius 1 is 1.03 bits per heavy atom. The quantitative estimate of drug-likeness (QED) is 0.386. The number of sulfonamides is 1. The number of halogens is 1. The van der Waals surface area contributed by atoms with Gasteiger partial charge in [0, 0.05) is 36.0 Å². The molecule has 1 aliphatic heterocycles. The van der Waals surface area contributed by atoms with Crippen molar-refractivity contribution >= 4 is 49.9 Å². The molecule has 9 heteroatoms. The summed E-state index contributed by atoms with van der Waals surface area (Å²) in [5, 5.41) is 5.04. The minimum atomic E-state index is -3.69. The van der Waals surface area contributed by atoms with Crippen LogP contribution in [-0.4, -0.2) is 43.8 Å². The summed E-state index contributed by atoms with van der Waals surface area (Å²) < 4.78 is 27.9. The molecule has 2 amide bonds. The summed E-state index contributed by atoms with van der Waals surface area (Å²) >= 11 is 6.36. The van der Waals surface area contributed by atoms with E-state index in [1.54, 1.807) is 31.2 Å². The van der Waals surface area contributed by atoms with Crippen molar-refractivity contribution in [3.8, 4) is 0 Å². The number of amides is 2. The molecule has 0 saturated carbocycles. The van der Waals surface area contributed by atoms with Crippen LogP contribution in [0.1, 0.15) is 45.6 Å². The van der Waals surface area contributed by atoms with Gasteiger partial charge in [0.2, 0.25) is 11.8 Å². The number of carbonyl (C=O) groups is 2. The van der Waals surface area contributed by atoms with Gasteiger partial charge in [-0.3, -0.25) is 13.9 Å². The Bertz CT molecular complexity index is 1420. The third kappa shape index (κ3) is 5.45. The van der Waals surface area contributed by atoms with Crippen molar-refractivity contribution in [1.82, 2.24) is 10.2 Å². The van der Waals surface area contributed by atoms with E-state index in [0.29, 0.717) is 27.4 Å². The summed E-state index contributed by atoms with van der Waals surface area (Å²) in [7, 11) is -3.69. The fourth-order valence-electron chi connectivity index (χ4n) is 4.57. The zero-order valence-corrected chi connectivity index (χ0v) is 22.8. The van der Waals surface area contributed by atoms with Crippen LogP contribution in [0.15, 0.2) is 65.6 Å². The SMILES string of the molecule is CC[C@H](C)NC(=O)[C@H](C)N(Cc1ccccc1Cl)C(=O)CCCN1c2cccc3cccc(c23)S1(=O)=O. The van der Waals surface area contributed by atoms with E-state index in [0.717, 1.165) is 17.4 Å². The molecule has 196 valence electrons. The van der Waals surface area contributed by atoms with Crippen LogP contribution in [0, 0.1) is 0 Å². The molecule has 0 radical (unpaired) electrons. The van der Waals surface area contributed by atoms with Crippen LogP contribution in [0.25, 0.3) is 10.8 Å². The fraction of sp³-hybridized carbons (Fsp3) is 0.357. The molecule has 1 aliphatic rings. The Morgan fingerprint density at radius 2 is 1.73 bits per heavy atom. The molecule has 3 aromatic rings. The topological polar surface area (TPSA) is 86.8 Å². The maximum absolute atomic E-state index is 13.4. The Balaban J connectivity index is 1.50. The second-order valence-electron chi connectivity index (χ2n) is 9.42. The molecule has 1 N–H and O–H groups in total. The highest BCUT2D eigenvalue weighted by Crippen LogP contribution is 2.42. The molecule has 2 atom stereocenters. The molecule has 37 heavy (non-hydrogen) atoms. The van der Waals surface area contributed by atoms with Gasteiger partial charge in [-0.2, -0.15) is 0 Å². The highest BCUT2D eigenvalue weighted by atomic mass is 35.5. The molecular formula is C28H32ClN3O4S. The maximum Gasteiger partial charge on any atom is 0.265 e. The summed E-state index contributed by atoms with van der Waals surface area (Å²) in [6, 6.07) is 17.3. The molecule has 7 nitrogen and oxygen atoms in total. The summed E-state index contributed by atoms with van der Waals surface area (Å²) in [4.78, 5) is 28.2. The molecule has 4 rings (SSSR count). The number of carbonyl (C=O) groups excluding carboxylic acids is 2. The summed E-state index contributed by atoms with van der Waals surface area (Å²) in [6.07, 6.45) is 1.17. The van der Waals surface area contributed by atoms with Gasteiger partial charge in [0.25, 0.3) is 10.0 Å². The zero-order valence-electron chi connectivity index (χ0n) is 21.3. The van der Waals surface area contributed by atoms with Crippen LogP contribution in [0.2, 0.25) is 5.02 Å². The second-order valence-corrected chi connectivity index (χ2v) is 11.7. The highest BCUT2D eigenvalue weighted by Gasteiger charge is 2.35. The summed E-state index contributed by atoms with van der Waals surface area (Å²) in [5.41, 5.74) is 1.37. The fourth-order valence-corrected chi connectivity index (χ4v) is 6.52. The first-order valence-corrected chi connectivity index (χ1v) is 14.3. The Labute approximate surface area is 223 Å². The second kappa shape index (κ2) is 11.1. The normalized spacial score (nSPS) is 15.4. The molecule has 0 aliphatic carbocycles. The Kier molecular flexibility index (Phi) is 8.09. The first kappa shape index (κ1) is 26.9. The first-order valence-electron chi connectivity index (χ1n) is 12.5. The minimum Gasteiger partial charge on any atom is -0.352 e. The van der Waals surface area contributed by atoms with Crippen molar-refractivity contribution in [1.29, 1.82) is 0 Å². The lowest BCUT2D eigenvalue weighted by atomic mass is 10.1. The molecule has 0 spiro atoms. The van der Waals surface area contributed by atoms with E-state index in [1.165, 1.54) is 9.21 Å². The van der Waals surface area contributed by atoms with Crippen molar-refractivity contribution in [2.75, 3.05) is 10.8 Å². The number of nitrogens with one attached hydrogen (secondary N) is 1. The largest absolute Gasteiger partial charge is 0.352 e. The average molecular weight is 542 g/mol. The highest BCUT2D eigenvalue weighted by molar-refractivity contribution is 7.93. The lowest BCUT2D eigenvalue weighted by molar-refractivity contribution is -0.140. The van der Waals surface area contributed by atoms with Gasteiger partial charge in [-0.15, -0.1) is 0 Å². The van der Waals surface area contributed by atoms with Gasteiger partial charge >= 0.3 is 0 Å². The van der Waals surface area contributed by atoms with E-state index in [-0.39, 0.29) is 37.4 Å². The number of rotatable bonds is 10. The summed E-state index contributed by atoms with van der Waals surface area (Å²) in [6.45, 7) is 5.94. The maximum atomic E-state index is 13.4. The van der Waals surface area contributed by atoms with Gasteiger partial charge in [-0.25, -0.2) is 8.42 Å². The number of hydrogen-bond acceptors (Lipinski definition) is 4. The standard InChI is InChI=1S/C28H32ClN3O4S/c1-4-19(2)30-28(34)20(3)31(18-22-10-5-6-13-23(22)29)26(33)16-9-17-32-24-14-7-11-21-12-8-15-25(27(21)24)37(32,35)36/h5-8,10-15,19-20H,4,9,16-18H2,1-3H3,(H,30,34)/t19-,20-/m0/s1. The van der Waals surface area contributed by atoms with E-state index in [2.05, 4.69) is 5.32 Å². The van der Waals surface area contributed by atoms with Crippen LogP contribution < -0.4 is 9.62 Å². The van der Waals surface area contributed by atoms with Crippen molar-refractivity contribution < 1.29 is 18.0 Å². The van der Waals surface area contributed by atoms with Crippen molar-refractivity contribution in [2.24, 2.45) is 0 Å². The van der Waals surface area contributed by atoms with E-state index in [4.69, 9.17) is 11.6 Å². The minimum absolute atomic E-state index is 0.0167. The van der Waals surface area contributed by atoms with Crippen LogP contribution in [0.4, 0.5) is 5.69 Å². The van der Waals surface area contributed by atoms with Gasteiger partial charge in [0.1, 0.15) is 6.04 Å². The van der Waals surface area contributed by atoms with Crippen molar-refractivity contribution in [3.05, 3.63) is 71.2 Å². The van der Waals surface area contributed by atoms with E-state index in [1.807, 2.05) is 50.2 Å². The van der Waals surface area contributed by atoms with Crippen LogP contribution >= 0.6 is 11.6 Å². The monoisotopic (exact) mass is 541 g/mol. The number of hydrogen-bond donors (Lipinski definition) is 1. The number of benzene rings is 3. The van der Waals surface area contributed by atoms with Crippen molar-refractivity contribution in [3.63, 3.8) is 0 Å². The number of nitrogens with zero attached hydrogens (tertiary/aromatic N) is 2. The van der Waals surface area contributed by atoms with Gasteiger partial charge in [-0.05, 0) is 55.8 Å². The molecule has 0 unspecified atom stereocenters. The lowest BCUT2D eigenvalue weighted by Gasteiger charge is -2.30. The van der Waals surface area contributed by atoms with Crippen LogP contribution in [-0.2, 0) is 26.2 Å². The average Bonchev–Trinajstić information content (AvgIpc) is 3.10. The predicted molar refractivity (Wildman–Crippen MR) is 147 cm³/mol. The van der Waals surface area contributed by atoms with E-state index >= 15 is 0 Å². The third-order valence-corrected chi connectivity index (χ3v) is 9.12. The zero-order chi connectivity index (χ0) is 26.7. The summed E-state index contributed by atoms with van der Waals surface area (Å²) in [5.74, 6) is -0.474. The van der Waals surface area contributed by atoms with E-state index < -0.39 is 16.1 Å². The van der Waals surface area contributed by atoms with Gasteiger partial charge in [0.15, 0.2) is 0 Å². The van der Waals surface area contributed by atoms with Gasteiger partial charge < -0.3 is 10.2 Å². The molecule has 0 aromatic heterocycles.